The minimum atomic E-state index is 0.474. The van der Waals surface area contributed by atoms with Crippen LogP contribution in [0.5, 0.6) is 0 Å². The van der Waals surface area contributed by atoms with E-state index in [0.29, 0.717) is 6.04 Å². The number of hydrogen-bond acceptors (Lipinski definition) is 1. The van der Waals surface area contributed by atoms with Crippen LogP contribution in [0.25, 0.3) is 0 Å². The van der Waals surface area contributed by atoms with Crippen LogP contribution in [0.2, 0.25) is 0 Å². The van der Waals surface area contributed by atoms with Crippen LogP contribution in [-0.2, 0) is 0 Å². The molecule has 0 spiro atoms. The van der Waals surface area contributed by atoms with Gasteiger partial charge >= 0.3 is 0 Å². The zero-order chi connectivity index (χ0) is 14.2. The normalized spacial score (nSPS) is 12.8. The largest absolute Gasteiger partial charge is 0.328 e. The molecule has 0 fully saturated rings. The van der Waals surface area contributed by atoms with Gasteiger partial charge < -0.3 is 5.73 Å². The fraction of sp³-hybridized carbons (Fsp3) is 1.00. The average Bonchev–Trinajstić information content (AvgIpc) is 2.41. The average molecular weight is 270 g/mol. The third-order valence-corrected chi connectivity index (χ3v) is 4.11. The molecule has 0 rings (SSSR count). The molecule has 1 nitrogen and oxygen atoms in total. The quantitative estimate of drug-likeness (QED) is 0.352. The Morgan fingerprint density at radius 2 is 0.842 bits per heavy atom. The van der Waals surface area contributed by atoms with Crippen molar-refractivity contribution in [3.05, 3.63) is 0 Å². The number of hydrogen-bond donors (Lipinski definition) is 1. The van der Waals surface area contributed by atoms with Gasteiger partial charge in [-0.15, -0.1) is 0 Å². The van der Waals surface area contributed by atoms with E-state index in [-0.39, 0.29) is 0 Å². The van der Waals surface area contributed by atoms with Crippen LogP contribution in [0.15, 0.2) is 0 Å². The van der Waals surface area contributed by atoms with Crippen LogP contribution < -0.4 is 5.73 Å². The van der Waals surface area contributed by atoms with Crippen molar-refractivity contribution in [1.82, 2.24) is 0 Å². The van der Waals surface area contributed by atoms with E-state index in [1.807, 2.05) is 0 Å². The third-order valence-electron chi connectivity index (χ3n) is 4.11. The summed E-state index contributed by atoms with van der Waals surface area (Å²) in [4.78, 5) is 0. The summed E-state index contributed by atoms with van der Waals surface area (Å²) in [5.74, 6) is 0. The Morgan fingerprint density at radius 3 is 1.21 bits per heavy atom. The van der Waals surface area contributed by atoms with Crippen LogP contribution in [0.1, 0.15) is 110 Å². The summed E-state index contributed by atoms with van der Waals surface area (Å²) in [7, 11) is 0. The second-order valence-electron chi connectivity index (χ2n) is 6.23. The summed E-state index contributed by atoms with van der Waals surface area (Å²) >= 11 is 0. The van der Waals surface area contributed by atoms with Gasteiger partial charge in [-0.25, -0.2) is 0 Å². The Hall–Kier alpha value is -0.0400. The van der Waals surface area contributed by atoms with E-state index in [2.05, 4.69) is 13.8 Å². The predicted octanol–water partition coefficient (Wildman–Crippen LogP) is 6.21. The van der Waals surface area contributed by atoms with Crippen molar-refractivity contribution in [3.63, 3.8) is 0 Å². The van der Waals surface area contributed by atoms with Crippen LogP contribution in [0, 0.1) is 0 Å². The van der Waals surface area contributed by atoms with Gasteiger partial charge in [-0.2, -0.15) is 0 Å². The molecule has 0 saturated carbocycles. The molecule has 1 atom stereocenters. The van der Waals surface area contributed by atoms with Gasteiger partial charge in [-0.3, -0.25) is 0 Å². The van der Waals surface area contributed by atoms with Gasteiger partial charge in [-0.1, -0.05) is 97.3 Å². The second-order valence-corrected chi connectivity index (χ2v) is 6.23. The van der Waals surface area contributed by atoms with E-state index in [9.17, 15) is 0 Å². The van der Waals surface area contributed by atoms with E-state index in [0.717, 1.165) is 0 Å². The zero-order valence-electron chi connectivity index (χ0n) is 13.8. The topological polar surface area (TPSA) is 26.0 Å². The number of rotatable bonds is 15. The van der Waals surface area contributed by atoms with Gasteiger partial charge in [0.25, 0.3) is 0 Å². The molecule has 0 aromatic carbocycles. The smallest absolute Gasteiger partial charge is 0.00388 e. The highest BCUT2D eigenvalue weighted by Gasteiger charge is 2.02. The lowest BCUT2D eigenvalue weighted by molar-refractivity contribution is 0.483. The van der Waals surface area contributed by atoms with Crippen LogP contribution >= 0.6 is 0 Å². The zero-order valence-corrected chi connectivity index (χ0v) is 13.8. The maximum Gasteiger partial charge on any atom is 0.00388 e. The lowest BCUT2D eigenvalue weighted by Gasteiger charge is -2.11. The van der Waals surface area contributed by atoms with Crippen molar-refractivity contribution in [2.24, 2.45) is 5.73 Å². The molecule has 19 heavy (non-hydrogen) atoms. The van der Waals surface area contributed by atoms with Crippen molar-refractivity contribution in [1.29, 1.82) is 0 Å². The molecule has 2 N–H and O–H groups in total. The molecule has 0 aromatic heterocycles. The number of unbranched alkanes of at least 4 members (excludes halogenated alkanes) is 11. The van der Waals surface area contributed by atoms with Gasteiger partial charge in [0.2, 0.25) is 0 Å². The summed E-state index contributed by atoms with van der Waals surface area (Å²) < 4.78 is 0. The molecule has 0 amide bonds. The summed E-state index contributed by atoms with van der Waals surface area (Å²) in [6.45, 7) is 4.55. The van der Waals surface area contributed by atoms with E-state index in [1.165, 1.54) is 96.3 Å². The van der Waals surface area contributed by atoms with Gasteiger partial charge in [0.15, 0.2) is 0 Å². The Balaban J connectivity index is 3.09. The third kappa shape index (κ3) is 15.9. The van der Waals surface area contributed by atoms with E-state index >= 15 is 0 Å². The molecule has 0 bridgehead atoms. The molecule has 1 unspecified atom stereocenters. The van der Waals surface area contributed by atoms with Crippen LogP contribution in [0.4, 0.5) is 0 Å². The van der Waals surface area contributed by atoms with Gasteiger partial charge in [0.05, 0.1) is 0 Å². The fourth-order valence-corrected chi connectivity index (χ4v) is 2.69. The summed E-state index contributed by atoms with van der Waals surface area (Å²) in [5, 5.41) is 0. The highest BCUT2D eigenvalue weighted by atomic mass is 14.6. The molecule has 0 aliphatic carbocycles. The lowest BCUT2D eigenvalue weighted by Crippen LogP contribution is -2.19. The molecular weight excluding hydrogens is 230 g/mol. The highest BCUT2D eigenvalue weighted by molar-refractivity contribution is 4.61. The molecule has 0 aliphatic heterocycles. The minimum absolute atomic E-state index is 0.474. The molecule has 0 radical (unpaired) electrons. The fourth-order valence-electron chi connectivity index (χ4n) is 2.69. The van der Waals surface area contributed by atoms with Gasteiger partial charge in [0.1, 0.15) is 0 Å². The monoisotopic (exact) mass is 269 g/mol. The predicted molar refractivity (Wildman–Crippen MR) is 88.6 cm³/mol. The summed E-state index contributed by atoms with van der Waals surface area (Å²) in [6, 6.07) is 0.474. The Labute approximate surface area is 122 Å². The first-order chi connectivity index (χ1) is 9.31. The van der Waals surface area contributed by atoms with Crippen molar-refractivity contribution >= 4 is 0 Å². The first-order valence-electron chi connectivity index (χ1n) is 9.06. The maximum atomic E-state index is 6.17. The van der Waals surface area contributed by atoms with Gasteiger partial charge in [-0.05, 0) is 12.8 Å². The van der Waals surface area contributed by atoms with E-state index in [1.54, 1.807) is 0 Å². The molecule has 0 aliphatic rings. The molecule has 0 heterocycles. The molecule has 1 heteroatoms. The number of nitrogens with two attached hydrogens (primary N) is 1. The minimum Gasteiger partial charge on any atom is -0.328 e. The highest BCUT2D eigenvalue weighted by Crippen LogP contribution is 2.13. The van der Waals surface area contributed by atoms with Crippen molar-refractivity contribution < 1.29 is 0 Å². The van der Waals surface area contributed by atoms with Crippen molar-refractivity contribution in [2.75, 3.05) is 0 Å². The summed E-state index contributed by atoms with van der Waals surface area (Å²) in [6.07, 6.45) is 20.6. The molecular formula is C18H39N. The SMILES string of the molecule is CCCCCCCCCCC(N)CCCCCCC. The maximum absolute atomic E-state index is 6.17. The Bertz CT molecular complexity index is 156. The second kappa shape index (κ2) is 16.0. The molecule has 0 saturated heterocycles. The summed E-state index contributed by atoms with van der Waals surface area (Å²) in [5.41, 5.74) is 6.17. The van der Waals surface area contributed by atoms with Crippen LogP contribution in [-0.4, -0.2) is 6.04 Å². The first-order valence-corrected chi connectivity index (χ1v) is 9.06. The molecule has 116 valence electrons. The van der Waals surface area contributed by atoms with E-state index < -0.39 is 0 Å². The standard InChI is InChI=1S/C18H39N/c1-3-5-7-9-10-11-13-15-17-18(19)16-14-12-8-6-4-2/h18H,3-17,19H2,1-2H3. The first kappa shape index (κ1) is 19.0. The van der Waals surface area contributed by atoms with Crippen molar-refractivity contribution in [2.45, 2.75) is 116 Å². The van der Waals surface area contributed by atoms with Crippen molar-refractivity contribution in [3.8, 4) is 0 Å². The van der Waals surface area contributed by atoms with Gasteiger partial charge in [0, 0.05) is 6.04 Å². The Morgan fingerprint density at radius 1 is 0.526 bits per heavy atom. The Kier molecular flexibility index (Phi) is 16.0. The lowest BCUT2D eigenvalue weighted by atomic mass is 10.0. The molecule has 0 aromatic rings. The van der Waals surface area contributed by atoms with E-state index in [4.69, 9.17) is 5.73 Å². The van der Waals surface area contributed by atoms with Crippen LogP contribution in [0.3, 0.4) is 0 Å².